The second-order valence-electron chi connectivity index (χ2n) is 2.82. The molecule has 0 saturated heterocycles. The molecule has 0 aromatic carbocycles. The summed E-state index contributed by atoms with van der Waals surface area (Å²) < 4.78 is 25.3. The average Bonchev–Trinajstić information content (AvgIpc) is 2.20. The Labute approximate surface area is 85.0 Å². The minimum absolute atomic E-state index is 0.00745. The van der Waals surface area contributed by atoms with Crippen LogP contribution in [0.25, 0.3) is 0 Å². The number of nitrogens with zero attached hydrogens (tertiary/aromatic N) is 2. The fourth-order valence-corrected chi connectivity index (χ4v) is 1.28. The van der Waals surface area contributed by atoms with Crippen LogP contribution in [0.3, 0.4) is 0 Å². The number of nitrogens with two attached hydrogens (primary N) is 1. The molecule has 0 radical (unpaired) electrons. The number of halogens is 2. The molecule has 6 heteroatoms. The molecule has 0 saturated carbocycles. The van der Waals surface area contributed by atoms with E-state index in [-0.39, 0.29) is 24.2 Å². The van der Waals surface area contributed by atoms with E-state index in [1.165, 1.54) is 0 Å². The number of pyridine rings is 1. The maximum absolute atomic E-state index is 12.7. The summed E-state index contributed by atoms with van der Waals surface area (Å²) in [6.07, 6.45) is -2.06. The zero-order chi connectivity index (χ0) is 11.4. The Kier molecular flexibility index (Phi) is 3.52. The Morgan fingerprint density at radius 1 is 1.60 bits per heavy atom. The summed E-state index contributed by atoms with van der Waals surface area (Å²) in [6.45, 7) is -0.154. The van der Waals surface area contributed by atoms with Crippen LogP contribution in [-0.4, -0.2) is 10.1 Å². The molecular formula is C9H9F2N3O. The fraction of sp³-hybridized carbons (Fsp3) is 0.333. The van der Waals surface area contributed by atoms with E-state index >= 15 is 0 Å². The van der Waals surface area contributed by atoms with Crippen LogP contribution in [0.5, 0.6) is 5.75 Å². The molecule has 1 rings (SSSR count). The summed E-state index contributed by atoms with van der Waals surface area (Å²) in [5.41, 5.74) is 4.72. The van der Waals surface area contributed by atoms with Crippen molar-refractivity contribution in [3.8, 4) is 11.8 Å². The van der Waals surface area contributed by atoms with E-state index in [9.17, 15) is 13.9 Å². The van der Waals surface area contributed by atoms with E-state index in [0.717, 1.165) is 6.20 Å². The van der Waals surface area contributed by atoms with Gasteiger partial charge in [0, 0.05) is 17.7 Å². The number of rotatable bonds is 3. The van der Waals surface area contributed by atoms with Gasteiger partial charge in [-0.1, -0.05) is 0 Å². The zero-order valence-electron chi connectivity index (χ0n) is 7.74. The molecule has 0 unspecified atom stereocenters. The molecule has 0 aliphatic rings. The molecule has 0 aliphatic carbocycles. The number of hydrogen-bond acceptors (Lipinski definition) is 4. The second-order valence-corrected chi connectivity index (χ2v) is 2.82. The molecular weight excluding hydrogens is 204 g/mol. The summed E-state index contributed by atoms with van der Waals surface area (Å²) in [5.74, 6) is -0.399. The van der Waals surface area contributed by atoms with E-state index in [0.29, 0.717) is 0 Å². The molecule has 1 heterocycles. The molecule has 1 aromatic heterocycles. The molecule has 1 aromatic rings. The van der Waals surface area contributed by atoms with Crippen molar-refractivity contribution in [3.63, 3.8) is 0 Å². The summed E-state index contributed by atoms with van der Waals surface area (Å²) in [4.78, 5) is 3.60. The van der Waals surface area contributed by atoms with Crippen molar-refractivity contribution < 1.29 is 13.9 Å². The van der Waals surface area contributed by atoms with Crippen molar-refractivity contribution in [3.05, 3.63) is 23.0 Å². The molecule has 0 spiro atoms. The van der Waals surface area contributed by atoms with Gasteiger partial charge in [-0.15, -0.1) is 0 Å². The Hall–Kier alpha value is -1.74. The first-order valence-corrected chi connectivity index (χ1v) is 4.16. The SMILES string of the molecule is N#CCc1c(O)cnc(CN)c1C(F)F. The predicted octanol–water partition coefficient (Wildman–Crippen LogP) is 1.25. The Balaban J connectivity index is 3.38. The van der Waals surface area contributed by atoms with Gasteiger partial charge in [0.05, 0.1) is 24.4 Å². The lowest BCUT2D eigenvalue weighted by Crippen LogP contribution is -2.08. The second kappa shape index (κ2) is 4.66. The highest BCUT2D eigenvalue weighted by Crippen LogP contribution is 2.31. The molecule has 0 atom stereocenters. The van der Waals surface area contributed by atoms with Crippen molar-refractivity contribution in [2.45, 2.75) is 19.4 Å². The highest BCUT2D eigenvalue weighted by Gasteiger charge is 2.21. The first-order valence-electron chi connectivity index (χ1n) is 4.16. The lowest BCUT2D eigenvalue weighted by Gasteiger charge is -2.11. The van der Waals surface area contributed by atoms with Crippen LogP contribution in [0.4, 0.5) is 8.78 Å². The predicted molar refractivity (Wildman–Crippen MR) is 48.1 cm³/mol. The van der Waals surface area contributed by atoms with Gasteiger partial charge >= 0.3 is 0 Å². The summed E-state index contributed by atoms with van der Waals surface area (Å²) in [6, 6.07) is 1.71. The van der Waals surface area contributed by atoms with E-state index in [1.54, 1.807) is 6.07 Å². The quantitative estimate of drug-likeness (QED) is 0.791. The van der Waals surface area contributed by atoms with Crippen LogP contribution in [0.15, 0.2) is 6.20 Å². The molecule has 0 aliphatic heterocycles. The van der Waals surface area contributed by atoms with Crippen molar-refractivity contribution in [1.82, 2.24) is 4.98 Å². The van der Waals surface area contributed by atoms with Gasteiger partial charge in [-0.05, 0) is 0 Å². The molecule has 80 valence electrons. The van der Waals surface area contributed by atoms with Crippen molar-refractivity contribution in [2.75, 3.05) is 0 Å². The topological polar surface area (TPSA) is 82.9 Å². The molecule has 0 amide bonds. The average molecular weight is 213 g/mol. The third-order valence-electron chi connectivity index (χ3n) is 1.96. The molecule has 15 heavy (non-hydrogen) atoms. The van der Waals surface area contributed by atoms with Gasteiger partial charge in [-0.25, -0.2) is 8.78 Å². The maximum Gasteiger partial charge on any atom is 0.266 e. The summed E-state index contributed by atoms with van der Waals surface area (Å²) >= 11 is 0. The lowest BCUT2D eigenvalue weighted by atomic mass is 10.0. The van der Waals surface area contributed by atoms with Crippen LogP contribution in [0.1, 0.15) is 23.2 Å². The van der Waals surface area contributed by atoms with E-state index in [2.05, 4.69) is 4.98 Å². The fourth-order valence-electron chi connectivity index (χ4n) is 1.28. The van der Waals surface area contributed by atoms with Gasteiger partial charge in [0.2, 0.25) is 0 Å². The third kappa shape index (κ3) is 2.19. The number of hydrogen-bond donors (Lipinski definition) is 2. The number of aromatic nitrogens is 1. The smallest absolute Gasteiger partial charge is 0.266 e. The molecule has 0 bridgehead atoms. The van der Waals surface area contributed by atoms with Gasteiger partial charge in [0.25, 0.3) is 6.43 Å². The van der Waals surface area contributed by atoms with Crippen LogP contribution < -0.4 is 5.73 Å². The largest absolute Gasteiger partial charge is 0.506 e. The van der Waals surface area contributed by atoms with E-state index in [4.69, 9.17) is 11.0 Å². The Bertz CT molecular complexity index is 401. The van der Waals surface area contributed by atoms with Gasteiger partial charge in [-0.3, -0.25) is 4.98 Å². The molecule has 0 fully saturated rings. The maximum atomic E-state index is 12.7. The highest BCUT2D eigenvalue weighted by molar-refractivity contribution is 5.42. The first-order chi connectivity index (χ1) is 7.11. The lowest BCUT2D eigenvalue weighted by molar-refractivity contribution is 0.148. The van der Waals surface area contributed by atoms with Crippen LogP contribution in [-0.2, 0) is 13.0 Å². The highest BCUT2D eigenvalue weighted by atomic mass is 19.3. The van der Waals surface area contributed by atoms with Crippen molar-refractivity contribution in [2.24, 2.45) is 5.73 Å². The van der Waals surface area contributed by atoms with Gasteiger partial charge in [-0.2, -0.15) is 5.26 Å². The minimum atomic E-state index is -2.80. The normalized spacial score (nSPS) is 10.3. The molecule has 4 nitrogen and oxygen atoms in total. The Morgan fingerprint density at radius 2 is 2.27 bits per heavy atom. The van der Waals surface area contributed by atoms with E-state index < -0.39 is 17.7 Å². The summed E-state index contributed by atoms with van der Waals surface area (Å²) in [5, 5.41) is 17.8. The summed E-state index contributed by atoms with van der Waals surface area (Å²) in [7, 11) is 0. The number of alkyl halides is 2. The first kappa shape index (κ1) is 11.3. The Morgan fingerprint density at radius 3 is 2.73 bits per heavy atom. The van der Waals surface area contributed by atoms with Gasteiger partial charge in [0.15, 0.2) is 0 Å². The monoisotopic (exact) mass is 213 g/mol. The van der Waals surface area contributed by atoms with Gasteiger partial charge < -0.3 is 10.8 Å². The molecule has 3 N–H and O–H groups in total. The van der Waals surface area contributed by atoms with Crippen molar-refractivity contribution >= 4 is 0 Å². The third-order valence-corrected chi connectivity index (χ3v) is 1.96. The number of nitriles is 1. The zero-order valence-corrected chi connectivity index (χ0v) is 7.74. The standard InChI is InChI=1S/C9H9F2N3O/c10-9(11)8-5(1-2-12)7(15)4-14-6(8)3-13/h4,9,15H,1,3,13H2. The van der Waals surface area contributed by atoms with Crippen LogP contribution >= 0.6 is 0 Å². The minimum Gasteiger partial charge on any atom is -0.506 e. The van der Waals surface area contributed by atoms with E-state index in [1.807, 2.05) is 0 Å². The number of aromatic hydroxyl groups is 1. The van der Waals surface area contributed by atoms with Crippen LogP contribution in [0, 0.1) is 11.3 Å². The van der Waals surface area contributed by atoms with Crippen LogP contribution in [0.2, 0.25) is 0 Å². The van der Waals surface area contributed by atoms with Gasteiger partial charge in [0.1, 0.15) is 5.75 Å². The van der Waals surface area contributed by atoms with Crippen molar-refractivity contribution in [1.29, 1.82) is 5.26 Å².